The Morgan fingerprint density at radius 1 is 1.22 bits per heavy atom. The molecule has 0 bridgehead atoms. The fourth-order valence-electron chi connectivity index (χ4n) is 1.23. The number of halogens is 1. The Kier molecular flexibility index (Phi) is 3.24. The number of benzene rings is 1. The third-order valence-electron chi connectivity index (χ3n) is 2.03. The van der Waals surface area contributed by atoms with Crippen LogP contribution in [0.5, 0.6) is 0 Å². The lowest BCUT2D eigenvalue weighted by molar-refractivity contribution is 0.101. The molecule has 0 saturated carbocycles. The number of aromatic nitrogens is 3. The van der Waals surface area contributed by atoms with Gasteiger partial charge in [0, 0.05) is 10.7 Å². The number of nitrogens with one attached hydrogen (secondary N) is 3. The number of carbonyl (C=O) groups excluding carboxylic acids is 1. The topological polar surface area (TPSA) is 108 Å². The highest BCUT2D eigenvalue weighted by molar-refractivity contribution is 6.30. The number of nitrogens with zero attached hydrogens (tertiary/aromatic N) is 1. The van der Waals surface area contributed by atoms with Crippen LogP contribution in [0.15, 0.2) is 33.9 Å². The van der Waals surface area contributed by atoms with Gasteiger partial charge in [-0.25, -0.2) is 9.89 Å². The minimum Gasteiger partial charge on any atom is -0.320 e. The summed E-state index contributed by atoms with van der Waals surface area (Å²) in [6.45, 7) is 0. The fraction of sp³-hybridized carbons (Fsp3) is 0. The Balaban J connectivity index is 2.24. The number of amides is 1. The van der Waals surface area contributed by atoms with Crippen LogP contribution in [0, 0.1) is 0 Å². The lowest BCUT2D eigenvalue weighted by Crippen LogP contribution is -2.32. The second-order valence-electron chi connectivity index (χ2n) is 3.32. The van der Waals surface area contributed by atoms with E-state index in [1.165, 1.54) is 0 Å². The van der Waals surface area contributed by atoms with Gasteiger partial charge in [0.15, 0.2) is 0 Å². The Morgan fingerprint density at radius 3 is 2.50 bits per heavy atom. The molecule has 1 amide bonds. The third-order valence-corrected chi connectivity index (χ3v) is 2.28. The van der Waals surface area contributed by atoms with Gasteiger partial charge >= 0.3 is 5.69 Å². The van der Waals surface area contributed by atoms with E-state index >= 15 is 0 Å². The Labute approximate surface area is 105 Å². The normalized spacial score (nSPS) is 10.1. The van der Waals surface area contributed by atoms with Crippen molar-refractivity contribution >= 4 is 23.2 Å². The Bertz CT molecular complexity index is 689. The summed E-state index contributed by atoms with van der Waals surface area (Å²) in [4.78, 5) is 35.6. The van der Waals surface area contributed by atoms with Gasteiger partial charge in [-0.3, -0.25) is 14.6 Å². The molecule has 0 aliphatic carbocycles. The van der Waals surface area contributed by atoms with E-state index < -0.39 is 22.9 Å². The van der Waals surface area contributed by atoms with Crippen molar-refractivity contribution in [3.8, 4) is 0 Å². The summed E-state index contributed by atoms with van der Waals surface area (Å²) in [6.07, 6.45) is 0. The van der Waals surface area contributed by atoms with Gasteiger partial charge in [0.1, 0.15) is 0 Å². The van der Waals surface area contributed by atoms with Gasteiger partial charge in [-0.1, -0.05) is 11.6 Å². The predicted octanol–water partition coefficient (Wildman–Crippen LogP) is 0.364. The molecule has 0 aliphatic rings. The smallest absolute Gasteiger partial charge is 0.320 e. The van der Waals surface area contributed by atoms with Crippen LogP contribution in [0.25, 0.3) is 0 Å². The first kappa shape index (κ1) is 12.1. The number of anilines is 1. The summed E-state index contributed by atoms with van der Waals surface area (Å²) in [7, 11) is 0. The number of hydrogen-bond donors (Lipinski definition) is 3. The summed E-state index contributed by atoms with van der Waals surface area (Å²) in [5.74, 6) is -0.727. The van der Waals surface area contributed by atoms with E-state index in [0.29, 0.717) is 10.7 Å². The van der Waals surface area contributed by atoms with Gasteiger partial charge in [0.05, 0.1) is 0 Å². The van der Waals surface area contributed by atoms with E-state index in [9.17, 15) is 14.4 Å². The maximum atomic E-state index is 11.7. The summed E-state index contributed by atoms with van der Waals surface area (Å²) in [5, 5.41) is 8.31. The molecule has 0 unspecified atom stereocenters. The molecular formula is C10H7ClN4O3. The lowest BCUT2D eigenvalue weighted by atomic mass is 10.3. The van der Waals surface area contributed by atoms with Gasteiger partial charge in [-0.2, -0.15) is 5.10 Å². The second-order valence-corrected chi connectivity index (χ2v) is 3.75. The van der Waals surface area contributed by atoms with Crippen LogP contribution in [-0.2, 0) is 0 Å². The zero-order valence-corrected chi connectivity index (χ0v) is 9.62. The van der Waals surface area contributed by atoms with Crippen molar-refractivity contribution in [2.24, 2.45) is 0 Å². The zero-order valence-electron chi connectivity index (χ0n) is 8.86. The molecule has 0 radical (unpaired) electrons. The molecule has 8 heteroatoms. The van der Waals surface area contributed by atoms with Crippen LogP contribution in [0.4, 0.5) is 5.69 Å². The van der Waals surface area contributed by atoms with Crippen molar-refractivity contribution in [3.05, 3.63) is 55.8 Å². The number of hydrogen-bond acceptors (Lipinski definition) is 4. The first-order chi connectivity index (χ1) is 8.56. The molecule has 3 N–H and O–H groups in total. The summed E-state index contributed by atoms with van der Waals surface area (Å²) < 4.78 is 0. The Morgan fingerprint density at radius 2 is 1.89 bits per heavy atom. The molecule has 0 aliphatic heterocycles. The van der Waals surface area contributed by atoms with Crippen LogP contribution < -0.4 is 16.6 Å². The van der Waals surface area contributed by atoms with Gasteiger partial charge < -0.3 is 5.32 Å². The minimum atomic E-state index is -0.856. The fourth-order valence-corrected chi connectivity index (χ4v) is 1.35. The number of carbonyl (C=O) groups is 1. The summed E-state index contributed by atoms with van der Waals surface area (Å²) >= 11 is 5.69. The van der Waals surface area contributed by atoms with Crippen LogP contribution >= 0.6 is 11.6 Å². The molecule has 0 spiro atoms. The first-order valence-corrected chi connectivity index (χ1v) is 5.20. The van der Waals surface area contributed by atoms with Gasteiger partial charge in [0.2, 0.25) is 5.69 Å². The molecule has 18 heavy (non-hydrogen) atoms. The summed E-state index contributed by atoms with van der Waals surface area (Å²) in [6, 6.07) is 6.31. The first-order valence-electron chi connectivity index (χ1n) is 4.82. The average Bonchev–Trinajstić information content (AvgIpc) is 2.32. The van der Waals surface area contributed by atoms with E-state index in [4.69, 9.17) is 11.6 Å². The number of H-pyrrole nitrogens is 2. The molecule has 92 valence electrons. The molecule has 0 fully saturated rings. The van der Waals surface area contributed by atoms with E-state index in [1.54, 1.807) is 24.3 Å². The van der Waals surface area contributed by atoms with Crippen molar-refractivity contribution in [2.45, 2.75) is 0 Å². The van der Waals surface area contributed by atoms with Crippen molar-refractivity contribution in [1.29, 1.82) is 0 Å². The standard InChI is InChI=1S/C10H7ClN4O3/c11-5-1-3-6(4-2-5)12-8(16)7-9(17)13-10(18)15-14-7/h1-4H,(H,12,16)(H2,13,15,17,18). The average molecular weight is 267 g/mol. The molecule has 0 saturated heterocycles. The molecular weight excluding hydrogens is 260 g/mol. The number of rotatable bonds is 2. The third kappa shape index (κ3) is 2.64. The van der Waals surface area contributed by atoms with Crippen molar-refractivity contribution in [3.63, 3.8) is 0 Å². The quantitative estimate of drug-likeness (QED) is 0.729. The van der Waals surface area contributed by atoms with Crippen LogP contribution in [-0.4, -0.2) is 21.1 Å². The van der Waals surface area contributed by atoms with Crippen molar-refractivity contribution in [2.75, 3.05) is 5.32 Å². The van der Waals surface area contributed by atoms with Crippen LogP contribution in [0.3, 0.4) is 0 Å². The monoisotopic (exact) mass is 266 g/mol. The van der Waals surface area contributed by atoms with Crippen LogP contribution in [0.1, 0.15) is 10.5 Å². The lowest BCUT2D eigenvalue weighted by Gasteiger charge is -2.03. The van der Waals surface area contributed by atoms with Crippen molar-refractivity contribution < 1.29 is 4.79 Å². The van der Waals surface area contributed by atoms with Gasteiger partial charge in [-0.05, 0) is 24.3 Å². The van der Waals surface area contributed by atoms with Crippen LogP contribution in [0.2, 0.25) is 5.02 Å². The van der Waals surface area contributed by atoms with Crippen molar-refractivity contribution in [1.82, 2.24) is 15.2 Å². The maximum absolute atomic E-state index is 11.7. The Hall–Kier alpha value is -2.41. The zero-order chi connectivity index (χ0) is 13.1. The van der Waals surface area contributed by atoms with E-state index in [1.807, 2.05) is 10.1 Å². The SMILES string of the molecule is O=C(Nc1ccc(Cl)cc1)c1n[nH]c(=O)[nH]c1=O. The molecule has 2 rings (SSSR count). The molecule has 2 aromatic rings. The van der Waals surface area contributed by atoms with E-state index in [2.05, 4.69) is 10.4 Å². The predicted molar refractivity (Wildman–Crippen MR) is 64.9 cm³/mol. The van der Waals surface area contributed by atoms with E-state index in [-0.39, 0.29) is 0 Å². The second kappa shape index (κ2) is 4.84. The highest BCUT2D eigenvalue weighted by Crippen LogP contribution is 2.13. The van der Waals surface area contributed by atoms with Gasteiger partial charge in [-0.15, -0.1) is 0 Å². The number of aromatic amines is 2. The molecule has 1 aromatic heterocycles. The molecule has 0 atom stereocenters. The highest BCUT2D eigenvalue weighted by atomic mass is 35.5. The maximum Gasteiger partial charge on any atom is 0.342 e. The molecule has 1 heterocycles. The van der Waals surface area contributed by atoms with Gasteiger partial charge in [0.25, 0.3) is 11.5 Å². The summed E-state index contributed by atoms with van der Waals surface area (Å²) in [5.41, 5.74) is -1.60. The van der Waals surface area contributed by atoms with E-state index in [0.717, 1.165) is 0 Å². The molecule has 7 nitrogen and oxygen atoms in total. The highest BCUT2D eigenvalue weighted by Gasteiger charge is 2.13. The largest absolute Gasteiger partial charge is 0.342 e. The minimum absolute atomic E-state index is 0.426. The molecule has 1 aromatic carbocycles.